The quantitative estimate of drug-likeness (QED) is 0.0672. The Morgan fingerprint density at radius 2 is 1.48 bits per heavy atom. The lowest BCUT2D eigenvalue weighted by Gasteiger charge is -2.37. The minimum absolute atomic E-state index is 0.0599. The van der Waals surface area contributed by atoms with Crippen molar-refractivity contribution in [3.63, 3.8) is 0 Å². The number of rotatable bonds is 22. The van der Waals surface area contributed by atoms with Crippen molar-refractivity contribution in [3.05, 3.63) is 23.8 Å². The molecule has 0 aromatic rings. The number of carboxylic acid groups (broad SMARTS) is 1. The van der Waals surface area contributed by atoms with Crippen molar-refractivity contribution < 1.29 is 54.4 Å². The average molecular weight is 715 g/mol. The van der Waals surface area contributed by atoms with E-state index < -0.39 is 48.3 Å². The van der Waals surface area contributed by atoms with Gasteiger partial charge in [0.2, 0.25) is 0 Å². The van der Waals surface area contributed by atoms with Crippen molar-refractivity contribution >= 4 is 5.97 Å². The van der Waals surface area contributed by atoms with Crippen molar-refractivity contribution in [3.8, 4) is 0 Å². The smallest absolute Gasteiger partial charge is 0.328 e. The molecule has 0 aromatic carbocycles. The highest BCUT2D eigenvalue weighted by Gasteiger charge is 2.37. The molecule has 11 nitrogen and oxygen atoms in total. The molecule has 50 heavy (non-hydrogen) atoms. The fourth-order valence-corrected chi connectivity index (χ4v) is 7.65. The summed E-state index contributed by atoms with van der Waals surface area (Å²) in [5.41, 5.74) is 0.771. The van der Waals surface area contributed by atoms with Gasteiger partial charge in [-0.3, -0.25) is 0 Å². The van der Waals surface area contributed by atoms with Gasteiger partial charge in [-0.1, -0.05) is 45.4 Å². The molecule has 6 N–H and O–H groups in total. The fraction of sp³-hybridized carbons (Fsp3) is 0.872. The van der Waals surface area contributed by atoms with Crippen LogP contribution in [0.25, 0.3) is 0 Å². The molecule has 0 spiro atoms. The molecule has 0 aromatic heterocycles. The van der Waals surface area contributed by atoms with Crippen LogP contribution in [0.4, 0.5) is 0 Å². The van der Waals surface area contributed by atoms with E-state index in [1.54, 1.807) is 28.1 Å². The number of aliphatic hydroxyl groups excluding tert-OH is 5. The SMILES string of the molecule is CO[C@H]1C[C@H](CC[C@H](C)[C@H](O)[C@H](C)[C@@H](O)[C@@H](C)[C@H](O)C[C@H](O)[C@H](C)[C@H](C[C@@H]2CCC[C@@H](C[C@@H](O)C/C=C(C)/C=C/C(=O)O)O2)OC)O[C@@H](C)C1. The Morgan fingerprint density at radius 3 is 2.10 bits per heavy atom. The number of hydrogen-bond donors (Lipinski definition) is 6. The molecule has 2 saturated heterocycles. The monoisotopic (exact) mass is 714 g/mol. The minimum Gasteiger partial charge on any atom is -0.478 e. The van der Waals surface area contributed by atoms with E-state index in [0.29, 0.717) is 19.3 Å². The molecule has 2 rings (SSSR count). The Balaban J connectivity index is 1.84. The molecule has 0 saturated carbocycles. The van der Waals surface area contributed by atoms with E-state index in [2.05, 4.69) is 6.92 Å². The summed E-state index contributed by atoms with van der Waals surface area (Å²) in [6, 6.07) is 0. The lowest BCUT2D eigenvalue weighted by molar-refractivity contribution is -0.131. The number of hydrogen-bond acceptors (Lipinski definition) is 10. The van der Waals surface area contributed by atoms with Crippen molar-refractivity contribution in [2.24, 2.45) is 23.7 Å². The van der Waals surface area contributed by atoms with E-state index in [0.717, 1.165) is 56.6 Å². The number of aliphatic hydroxyl groups is 5. The van der Waals surface area contributed by atoms with Gasteiger partial charge in [0.25, 0.3) is 0 Å². The zero-order valence-corrected chi connectivity index (χ0v) is 31.9. The Labute approximate surface area is 301 Å². The Kier molecular flexibility index (Phi) is 20.2. The van der Waals surface area contributed by atoms with Crippen LogP contribution in [0.1, 0.15) is 112 Å². The molecule has 292 valence electrons. The molecule has 2 heterocycles. The topological polar surface area (TPSA) is 175 Å². The third-order valence-electron chi connectivity index (χ3n) is 11.3. The number of ether oxygens (including phenoxy) is 4. The van der Waals surface area contributed by atoms with Crippen LogP contribution >= 0.6 is 0 Å². The normalized spacial score (nSPS) is 29.8. The van der Waals surface area contributed by atoms with Gasteiger partial charge in [-0.2, -0.15) is 0 Å². The summed E-state index contributed by atoms with van der Waals surface area (Å²) in [6.45, 7) is 11.3. The molecule has 0 aliphatic carbocycles. The van der Waals surface area contributed by atoms with Gasteiger partial charge in [0.05, 0.1) is 67.1 Å². The van der Waals surface area contributed by atoms with Crippen LogP contribution in [0.2, 0.25) is 0 Å². The number of carboxylic acids is 1. The summed E-state index contributed by atoms with van der Waals surface area (Å²) in [5, 5.41) is 63.9. The Bertz CT molecular complexity index is 1020. The zero-order valence-electron chi connectivity index (χ0n) is 31.9. The highest BCUT2D eigenvalue weighted by molar-refractivity contribution is 5.80. The molecular weight excluding hydrogens is 644 g/mol. The molecular formula is C39H70O11. The average Bonchev–Trinajstić information content (AvgIpc) is 3.09. The molecule has 0 unspecified atom stereocenters. The van der Waals surface area contributed by atoms with Crippen LogP contribution in [-0.2, 0) is 23.7 Å². The van der Waals surface area contributed by atoms with Crippen molar-refractivity contribution in [1.29, 1.82) is 0 Å². The van der Waals surface area contributed by atoms with Gasteiger partial charge in [0.1, 0.15) is 0 Å². The molecule has 0 bridgehead atoms. The summed E-state index contributed by atoms with van der Waals surface area (Å²) in [7, 11) is 3.34. The second-order valence-electron chi connectivity index (χ2n) is 15.4. The predicted octanol–water partition coefficient (Wildman–Crippen LogP) is 4.80. The van der Waals surface area contributed by atoms with Gasteiger partial charge in [-0.05, 0) is 84.0 Å². The fourth-order valence-electron chi connectivity index (χ4n) is 7.65. The number of carbonyl (C=O) groups is 1. The third kappa shape index (κ3) is 15.3. The lowest BCUT2D eigenvalue weighted by atomic mass is 9.79. The summed E-state index contributed by atoms with van der Waals surface area (Å²) in [5.74, 6) is -2.44. The first kappa shape index (κ1) is 44.7. The summed E-state index contributed by atoms with van der Waals surface area (Å²) in [6.07, 6.45) is 7.46. The highest BCUT2D eigenvalue weighted by Crippen LogP contribution is 2.32. The number of allylic oxidation sites excluding steroid dienone is 2. The van der Waals surface area contributed by atoms with Crippen molar-refractivity contribution in [1.82, 2.24) is 0 Å². The van der Waals surface area contributed by atoms with Crippen LogP contribution in [0.15, 0.2) is 23.8 Å². The Hall–Kier alpha value is -1.41. The maximum absolute atomic E-state index is 11.2. The third-order valence-corrected chi connectivity index (χ3v) is 11.3. The van der Waals surface area contributed by atoms with Gasteiger partial charge in [0.15, 0.2) is 0 Å². The van der Waals surface area contributed by atoms with E-state index in [-0.39, 0.29) is 54.9 Å². The first-order valence-electron chi connectivity index (χ1n) is 18.9. The van der Waals surface area contributed by atoms with Crippen molar-refractivity contribution in [2.45, 2.75) is 179 Å². The molecule has 2 aliphatic heterocycles. The van der Waals surface area contributed by atoms with Gasteiger partial charge in [-0.25, -0.2) is 4.79 Å². The summed E-state index contributed by atoms with van der Waals surface area (Å²) in [4.78, 5) is 10.7. The van der Waals surface area contributed by atoms with E-state index >= 15 is 0 Å². The van der Waals surface area contributed by atoms with Crippen LogP contribution in [0.5, 0.6) is 0 Å². The van der Waals surface area contributed by atoms with Gasteiger partial charge < -0.3 is 49.6 Å². The van der Waals surface area contributed by atoms with E-state index in [1.165, 1.54) is 6.08 Å². The van der Waals surface area contributed by atoms with E-state index in [4.69, 9.17) is 24.1 Å². The predicted molar refractivity (Wildman–Crippen MR) is 193 cm³/mol. The maximum Gasteiger partial charge on any atom is 0.328 e. The van der Waals surface area contributed by atoms with E-state index in [1.807, 2.05) is 26.8 Å². The Morgan fingerprint density at radius 1 is 0.840 bits per heavy atom. The standard InChI is InChI=1S/C39H70O11/c1-23(13-17-37(43)44)12-15-29(40)19-30-10-9-11-31(50-30)21-36(48-8)26(4)34(41)22-35(42)27(5)39(46)28(6)38(45)24(2)14-16-32-20-33(47-7)18-25(3)49-32/h12-13,17,24-36,38-42,45-46H,9-11,14-16,18-22H2,1-8H3,(H,43,44)/b17-13+,23-12+/t24-,25-,26-,27-,28-,29-,30-,31-,32-,33+,34-,35+,36-,38-,39-/m0/s1. The lowest BCUT2D eigenvalue weighted by Crippen LogP contribution is -2.44. The number of methoxy groups -OCH3 is 2. The highest BCUT2D eigenvalue weighted by atomic mass is 16.5. The van der Waals surface area contributed by atoms with Gasteiger partial charge in [0, 0.05) is 44.5 Å². The zero-order chi connectivity index (χ0) is 37.5. The van der Waals surface area contributed by atoms with Crippen molar-refractivity contribution in [2.75, 3.05) is 14.2 Å². The molecule has 11 heteroatoms. The van der Waals surface area contributed by atoms with Crippen LogP contribution < -0.4 is 0 Å². The second kappa shape index (κ2) is 22.6. The van der Waals surface area contributed by atoms with Crippen LogP contribution in [0, 0.1) is 23.7 Å². The molecule has 0 amide bonds. The molecule has 0 radical (unpaired) electrons. The first-order valence-corrected chi connectivity index (χ1v) is 18.9. The molecule has 2 fully saturated rings. The first-order chi connectivity index (χ1) is 23.6. The molecule has 15 atom stereocenters. The second-order valence-corrected chi connectivity index (χ2v) is 15.4. The van der Waals surface area contributed by atoms with Crippen LogP contribution in [-0.4, -0.2) is 118 Å². The van der Waals surface area contributed by atoms with Gasteiger partial charge in [-0.15, -0.1) is 0 Å². The summed E-state index contributed by atoms with van der Waals surface area (Å²) >= 11 is 0. The van der Waals surface area contributed by atoms with Gasteiger partial charge >= 0.3 is 5.97 Å². The minimum atomic E-state index is -1.01. The maximum atomic E-state index is 11.2. The van der Waals surface area contributed by atoms with Crippen LogP contribution in [0.3, 0.4) is 0 Å². The largest absolute Gasteiger partial charge is 0.478 e. The van der Waals surface area contributed by atoms with E-state index in [9.17, 15) is 30.3 Å². The summed E-state index contributed by atoms with van der Waals surface area (Å²) < 4.78 is 23.8. The number of aliphatic carboxylic acids is 1. The molecule has 2 aliphatic rings.